The molecule has 0 saturated heterocycles. The Balaban J connectivity index is 1.76. The van der Waals surface area contributed by atoms with E-state index < -0.39 is 0 Å². The third-order valence-electron chi connectivity index (χ3n) is 4.27. The number of benzene rings is 2. The second-order valence-electron chi connectivity index (χ2n) is 6.19. The molecule has 0 fully saturated rings. The van der Waals surface area contributed by atoms with Crippen molar-refractivity contribution in [1.29, 1.82) is 0 Å². The van der Waals surface area contributed by atoms with Gasteiger partial charge in [-0.3, -0.25) is 9.59 Å². The van der Waals surface area contributed by atoms with Crippen molar-refractivity contribution >= 4 is 17.3 Å². The Morgan fingerprint density at radius 1 is 1.07 bits per heavy atom. The average molecular weight is 362 g/mol. The fourth-order valence-electron chi connectivity index (χ4n) is 2.67. The molecule has 27 heavy (non-hydrogen) atoms. The minimum atomic E-state index is -0.315. The molecule has 0 spiro atoms. The van der Waals surface area contributed by atoms with E-state index in [-0.39, 0.29) is 18.0 Å². The molecule has 0 saturated carbocycles. The highest BCUT2D eigenvalue weighted by molar-refractivity contribution is 5.91. The first kappa shape index (κ1) is 18.4. The predicted molar refractivity (Wildman–Crippen MR) is 108 cm³/mol. The minimum Gasteiger partial charge on any atom is -0.375 e. The Bertz CT molecular complexity index is 983. The molecule has 138 valence electrons. The number of nitrogens with one attached hydrogen (secondary N) is 1. The number of amides is 1. The summed E-state index contributed by atoms with van der Waals surface area (Å²) in [5, 5.41) is 7.15. The van der Waals surface area contributed by atoms with E-state index in [0.717, 1.165) is 17.8 Å². The zero-order valence-electron chi connectivity index (χ0n) is 15.4. The summed E-state index contributed by atoms with van der Waals surface area (Å²) >= 11 is 0. The standard InChI is InChI=1S/C21H22N4O2/c1-3-24(2)18-11-7-10-17(14-18)22-20(26)15-25-21(27)13-12-19(23-25)16-8-5-4-6-9-16/h4-14H,3,15H2,1-2H3,(H,22,26). The SMILES string of the molecule is CCN(C)c1cccc(NC(=O)Cn2nc(-c3ccccc3)ccc2=O)c1. The van der Waals surface area contributed by atoms with Gasteiger partial charge in [0.05, 0.1) is 5.69 Å². The van der Waals surface area contributed by atoms with Crippen LogP contribution in [0.3, 0.4) is 0 Å². The lowest BCUT2D eigenvalue weighted by Crippen LogP contribution is -2.29. The van der Waals surface area contributed by atoms with Crippen LogP contribution in [-0.2, 0) is 11.3 Å². The van der Waals surface area contributed by atoms with Crippen molar-refractivity contribution in [2.45, 2.75) is 13.5 Å². The molecule has 0 atom stereocenters. The van der Waals surface area contributed by atoms with Crippen LogP contribution in [-0.4, -0.2) is 29.3 Å². The molecule has 6 nitrogen and oxygen atoms in total. The first-order chi connectivity index (χ1) is 13.1. The van der Waals surface area contributed by atoms with Gasteiger partial charge in [-0.15, -0.1) is 0 Å². The van der Waals surface area contributed by atoms with Crippen LogP contribution in [0.15, 0.2) is 71.5 Å². The van der Waals surface area contributed by atoms with Crippen molar-refractivity contribution in [3.8, 4) is 11.3 Å². The second kappa shape index (κ2) is 8.31. The molecular formula is C21H22N4O2. The number of carbonyl (C=O) groups is 1. The van der Waals surface area contributed by atoms with Gasteiger partial charge in [0.1, 0.15) is 6.54 Å². The van der Waals surface area contributed by atoms with E-state index in [1.165, 1.54) is 10.7 Å². The molecule has 0 aliphatic carbocycles. The Morgan fingerprint density at radius 2 is 1.85 bits per heavy atom. The summed E-state index contributed by atoms with van der Waals surface area (Å²) in [6.07, 6.45) is 0. The number of anilines is 2. The number of rotatable bonds is 6. The van der Waals surface area contributed by atoms with Gasteiger partial charge >= 0.3 is 0 Å². The van der Waals surface area contributed by atoms with Crippen LogP contribution in [0.25, 0.3) is 11.3 Å². The van der Waals surface area contributed by atoms with E-state index in [1.807, 2.05) is 61.6 Å². The Morgan fingerprint density at radius 3 is 2.59 bits per heavy atom. The monoisotopic (exact) mass is 362 g/mol. The van der Waals surface area contributed by atoms with Crippen LogP contribution in [0.5, 0.6) is 0 Å². The third-order valence-corrected chi connectivity index (χ3v) is 4.27. The van der Waals surface area contributed by atoms with Crippen LogP contribution >= 0.6 is 0 Å². The molecule has 0 unspecified atom stereocenters. The van der Waals surface area contributed by atoms with Gasteiger partial charge < -0.3 is 10.2 Å². The van der Waals surface area contributed by atoms with E-state index in [4.69, 9.17) is 0 Å². The fourth-order valence-corrected chi connectivity index (χ4v) is 2.67. The predicted octanol–water partition coefficient (Wildman–Crippen LogP) is 3.01. The number of aromatic nitrogens is 2. The average Bonchev–Trinajstić information content (AvgIpc) is 2.70. The quantitative estimate of drug-likeness (QED) is 0.732. The summed E-state index contributed by atoms with van der Waals surface area (Å²) in [7, 11) is 1.99. The molecule has 1 amide bonds. The van der Waals surface area contributed by atoms with Gasteiger partial charge in [0, 0.05) is 36.6 Å². The van der Waals surface area contributed by atoms with Crippen molar-refractivity contribution in [2.24, 2.45) is 0 Å². The van der Waals surface area contributed by atoms with Crippen LogP contribution < -0.4 is 15.8 Å². The van der Waals surface area contributed by atoms with Gasteiger partial charge in [0.25, 0.3) is 5.56 Å². The molecule has 1 aromatic heterocycles. The van der Waals surface area contributed by atoms with Crippen molar-refractivity contribution in [3.05, 3.63) is 77.1 Å². The van der Waals surface area contributed by atoms with Crippen molar-refractivity contribution in [2.75, 3.05) is 23.8 Å². The molecule has 3 rings (SSSR count). The van der Waals surface area contributed by atoms with E-state index in [1.54, 1.807) is 6.07 Å². The second-order valence-corrected chi connectivity index (χ2v) is 6.19. The molecule has 2 aromatic carbocycles. The summed E-state index contributed by atoms with van der Waals surface area (Å²) in [4.78, 5) is 26.6. The highest BCUT2D eigenvalue weighted by atomic mass is 16.2. The largest absolute Gasteiger partial charge is 0.375 e. The molecule has 0 aliphatic rings. The van der Waals surface area contributed by atoms with Gasteiger partial charge in [-0.1, -0.05) is 36.4 Å². The normalized spacial score (nSPS) is 10.4. The molecular weight excluding hydrogens is 340 g/mol. The van der Waals surface area contributed by atoms with Gasteiger partial charge in [0.15, 0.2) is 0 Å². The van der Waals surface area contributed by atoms with E-state index in [0.29, 0.717) is 11.4 Å². The zero-order valence-corrected chi connectivity index (χ0v) is 15.4. The molecule has 3 aromatic rings. The summed E-state index contributed by atoms with van der Waals surface area (Å²) in [6.45, 7) is 2.78. The highest BCUT2D eigenvalue weighted by Gasteiger charge is 2.09. The van der Waals surface area contributed by atoms with Crippen LogP contribution in [0.1, 0.15) is 6.92 Å². The number of hydrogen-bond acceptors (Lipinski definition) is 4. The molecule has 1 N–H and O–H groups in total. The van der Waals surface area contributed by atoms with Crippen LogP contribution in [0.2, 0.25) is 0 Å². The Labute approximate surface area is 158 Å². The lowest BCUT2D eigenvalue weighted by Gasteiger charge is -2.17. The van der Waals surface area contributed by atoms with Gasteiger partial charge in [-0.2, -0.15) is 5.10 Å². The topological polar surface area (TPSA) is 67.2 Å². The summed E-state index contributed by atoms with van der Waals surface area (Å²) < 4.78 is 1.18. The summed E-state index contributed by atoms with van der Waals surface area (Å²) in [5.74, 6) is -0.300. The fraction of sp³-hybridized carbons (Fsp3) is 0.190. The van der Waals surface area contributed by atoms with E-state index >= 15 is 0 Å². The van der Waals surface area contributed by atoms with Gasteiger partial charge in [-0.25, -0.2) is 4.68 Å². The van der Waals surface area contributed by atoms with Crippen molar-refractivity contribution < 1.29 is 4.79 Å². The lowest BCUT2D eigenvalue weighted by atomic mass is 10.1. The number of nitrogens with zero attached hydrogens (tertiary/aromatic N) is 3. The first-order valence-electron chi connectivity index (χ1n) is 8.81. The first-order valence-corrected chi connectivity index (χ1v) is 8.81. The van der Waals surface area contributed by atoms with Crippen LogP contribution in [0.4, 0.5) is 11.4 Å². The third kappa shape index (κ3) is 4.61. The van der Waals surface area contributed by atoms with Crippen LogP contribution in [0, 0.1) is 0 Å². The molecule has 0 aliphatic heterocycles. The molecule has 0 radical (unpaired) electrons. The Kier molecular flexibility index (Phi) is 5.66. The van der Waals surface area contributed by atoms with E-state index in [2.05, 4.69) is 22.2 Å². The zero-order chi connectivity index (χ0) is 19.2. The highest BCUT2D eigenvalue weighted by Crippen LogP contribution is 2.18. The van der Waals surface area contributed by atoms with Crippen molar-refractivity contribution in [3.63, 3.8) is 0 Å². The van der Waals surface area contributed by atoms with Gasteiger partial charge in [0.2, 0.25) is 5.91 Å². The number of carbonyl (C=O) groups excluding carboxylic acids is 1. The maximum absolute atomic E-state index is 12.4. The minimum absolute atomic E-state index is 0.145. The molecule has 6 heteroatoms. The maximum atomic E-state index is 12.4. The summed E-state index contributed by atoms with van der Waals surface area (Å²) in [6, 6.07) is 20.2. The summed E-state index contributed by atoms with van der Waals surface area (Å²) in [5.41, 5.74) is 2.92. The smallest absolute Gasteiger partial charge is 0.267 e. The number of hydrogen-bond donors (Lipinski definition) is 1. The van der Waals surface area contributed by atoms with E-state index in [9.17, 15) is 9.59 Å². The maximum Gasteiger partial charge on any atom is 0.267 e. The molecule has 1 heterocycles. The Hall–Kier alpha value is -3.41. The van der Waals surface area contributed by atoms with Crippen molar-refractivity contribution in [1.82, 2.24) is 9.78 Å². The lowest BCUT2D eigenvalue weighted by molar-refractivity contribution is -0.117. The van der Waals surface area contributed by atoms with Gasteiger partial charge in [-0.05, 0) is 31.2 Å². The molecule has 0 bridgehead atoms.